The zero-order valence-electron chi connectivity index (χ0n) is 9.07. The molecular weight excluding hydrogens is 242 g/mol. The Morgan fingerprint density at radius 3 is 2.76 bits per heavy atom. The molecule has 1 aromatic carbocycles. The van der Waals surface area contributed by atoms with Crippen molar-refractivity contribution in [1.29, 1.82) is 0 Å². The lowest BCUT2D eigenvalue weighted by atomic mass is 10.0. The Morgan fingerprint density at radius 2 is 2.06 bits per heavy atom. The number of hydrogen-bond donors (Lipinski definition) is 1. The first-order valence-corrected chi connectivity index (χ1v) is 6.26. The molecule has 2 rings (SSSR count). The maximum Gasteiger partial charge on any atom is 0.164 e. The summed E-state index contributed by atoms with van der Waals surface area (Å²) in [7, 11) is 0. The van der Waals surface area contributed by atoms with Crippen molar-refractivity contribution in [2.24, 2.45) is 0 Å². The van der Waals surface area contributed by atoms with Gasteiger partial charge >= 0.3 is 0 Å². The van der Waals surface area contributed by atoms with Gasteiger partial charge in [-0.3, -0.25) is 0 Å². The maximum absolute atomic E-state index is 13.4. The predicted molar refractivity (Wildman–Crippen MR) is 64.0 cm³/mol. The molecule has 0 spiro atoms. The van der Waals surface area contributed by atoms with E-state index in [2.05, 4.69) is 0 Å². The highest BCUT2D eigenvalue weighted by Gasteiger charge is 2.15. The molecule has 4 heteroatoms. The SMILES string of the molecule is OC(CCc1ccsc1)c1cccc(F)c1F. The molecule has 1 heterocycles. The number of aliphatic hydroxyl groups excluding tert-OH is 1. The summed E-state index contributed by atoms with van der Waals surface area (Å²) < 4.78 is 26.4. The third-order valence-electron chi connectivity index (χ3n) is 2.63. The Hall–Kier alpha value is -1.26. The van der Waals surface area contributed by atoms with E-state index >= 15 is 0 Å². The fourth-order valence-electron chi connectivity index (χ4n) is 1.67. The van der Waals surface area contributed by atoms with E-state index in [0.29, 0.717) is 12.8 Å². The summed E-state index contributed by atoms with van der Waals surface area (Å²) in [5.74, 6) is -1.87. The molecule has 1 nitrogen and oxygen atoms in total. The van der Waals surface area contributed by atoms with E-state index < -0.39 is 17.7 Å². The Kier molecular flexibility index (Phi) is 3.86. The van der Waals surface area contributed by atoms with Gasteiger partial charge in [0.05, 0.1) is 6.10 Å². The van der Waals surface area contributed by atoms with Crippen LogP contribution in [0, 0.1) is 11.6 Å². The van der Waals surface area contributed by atoms with E-state index in [0.717, 1.165) is 11.6 Å². The molecule has 1 atom stereocenters. The Morgan fingerprint density at radius 1 is 1.24 bits per heavy atom. The number of halogens is 2. The fraction of sp³-hybridized carbons (Fsp3) is 0.231. The minimum Gasteiger partial charge on any atom is -0.388 e. The van der Waals surface area contributed by atoms with Gasteiger partial charge in [-0.05, 0) is 41.3 Å². The quantitative estimate of drug-likeness (QED) is 0.882. The van der Waals surface area contributed by atoms with E-state index in [1.54, 1.807) is 11.3 Å². The van der Waals surface area contributed by atoms with E-state index in [9.17, 15) is 13.9 Å². The smallest absolute Gasteiger partial charge is 0.164 e. The minimum atomic E-state index is -0.967. The molecule has 0 radical (unpaired) electrons. The average Bonchev–Trinajstić information content (AvgIpc) is 2.82. The van der Waals surface area contributed by atoms with Gasteiger partial charge in [0.2, 0.25) is 0 Å². The molecule has 17 heavy (non-hydrogen) atoms. The van der Waals surface area contributed by atoms with Gasteiger partial charge in [0.15, 0.2) is 11.6 Å². The fourth-order valence-corrected chi connectivity index (χ4v) is 2.37. The van der Waals surface area contributed by atoms with E-state index in [-0.39, 0.29) is 5.56 Å². The van der Waals surface area contributed by atoms with Crippen molar-refractivity contribution in [3.05, 3.63) is 57.8 Å². The number of rotatable bonds is 4. The summed E-state index contributed by atoms with van der Waals surface area (Å²) in [5.41, 5.74) is 1.13. The predicted octanol–water partition coefficient (Wildman–Crippen LogP) is 3.69. The number of thiophene rings is 1. The van der Waals surface area contributed by atoms with Crippen LogP contribution in [0.4, 0.5) is 8.78 Å². The zero-order chi connectivity index (χ0) is 12.3. The van der Waals surface area contributed by atoms with Crippen molar-refractivity contribution in [3.63, 3.8) is 0 Å². The Labute approximate surface area is 102 Å². The van der Waals surface area contributed by atoms with Crippen molar-refractivity contribution >= 4 is 11.3 Å². The van der Waals surface area contributed by atoms with Crippen LogP contribution in [-0.2, 0) is 6.42 Å². The number of aliphatic hydroxyl groups is 1. The van der Waals surface area contributed by atoms with Gasteiger partial charge in [-0.1, -0.05) is 12.1 Å². The molecule has 0 aliphatic carbocycles. The van der Waals surface area contributed by atoms with Gasteiger partial charge in [-0.15, -0.1) is 0 Å². The van der Waals surface area contributed by atoms with E-state index in [1.165, 1.54) is 12.1 Å². The number of hydrogen-bond acceptors (Lipinski definition) is 2. The first kappa shape index (κ1) is 12.2. The molecule has 1 unspecified atom stereocenters. The highest BCUT2D eigenvalue weighted by molar-refractivity contribution is 7.07. The highest BCUT2D eigenvalue weighted by atomic mass is 32.1. The number of aryl methyl sites for hydroxylation is 1. The molecule has 0 amide bonds. The summed E-state index contributed by atoms with van der Waals surface area (Å²) >= 11 is 1.58. The van der Waals surface area contributed by atoms with Gasteiger partial charge in [0, 0.05) is 5.56 Å². The summed E-state index contributed by atoms with van der Waals surface area (Å²) in [4.78, 5) is 0. The van der Waals surface area contributed by atoms with E-state index in [1.807, 2.05) is 16.8 Å². The topological polar surface area (TPSA) is 20.2 Å². The average molecular weight is 254 g/mol. The van der Waals surface area contributed by atoms with Crippen molar-refractivity contribution in [3.8, 4) is 0 Å². The highest BCUT2D eigenvalue weighted by Crippen LogP contribution is 2.23. The molecule has 1 aromatic heterocycles. The first-order valence-electron chi connectivity index (χ1n) is 5.31. The van der Waals surface area contributed by atoms with Crippen LogP contribution in [0.1, 0.15) is 23.7 Å². The third kappa shape index (κ3) is 2.90. The molecule has 0 fully saturated rings. The summed E-state index contributed by atoms with van der Waals surface area (Å²) in [6, 6.07) is 5.82. The minimum absolute atomic E-state index is 0.0280. The van der Waals surface area contributed by atoms with Crippen LogP contribution in [0.5, 0.6) is 0 Å². The summed E-state index contributed by atoms with van der Waals surface area (Å²) in [6.45, 7) is 0. The summed E-state index contributed by atoms with van der Waals surface area (Å²) in [6.07, 6.45) is 0.0724. The molecule has 0 saturated heterocycles. The largest absolute Gasteiger partial charge is 0.388 e. The van der Waals surface area contributed by atoms with E-state index in [4.69, 9.17) is 0 Å². The molecular formula is C13H12F2OS. The van der Waals surface area contributed by atoms with Gasteiger partial charge in [0.1, 0.15) is 0 Å². The van der Waals surface area contributed by atoms with Crippen molar-refractivity contribution in [1.82, 2.24) is 0 Å². The lowest BCUT2D eigenvalue weighted by Crippen LogP contribution is -2.03. The molecule has 0 saturated carbocycles. The van der Waals surface area contributed by atoms with Crippen LogP contribution in [-0.4, -0.2) is 5.11 Å². The van der Waals surface area contributed by atoms with Crippen LogP contribution < -0.4 is 0 Å². The van der Waals surface area contributed by atoms with Gasteiger partial charge < -0.3 is 5.11 Å². The lowest BCUT2D eigenvalue weighted by Gasteiger charge is -2.11. The molecule has 0 aliphatic rings. The molecule has 2 aromatic rings. The van der Waals surface area contributed by atoms with Crippen LogP contribution in [0.25, 0.3) is 0 Å². The molecule has 90 valence electrons. The monoisotopic (exact) mass is 254 g/mol. The van der Waals surface area contributed by atoms with Crippen molar-refractivity contribution in [2.45, 2.75) is 18.9 Å². The van der Waals surface area contributed by atoms with Crippen LogP contribution >= 0.6 is 11.3 Å². The molecule has 1 N–H and O–H groups in total. The van der Waals surface area contributed by atoms with Gasteiger partial charge in [-0.25, -0.2) is 8.78 Å². The third-order valence-corrected chi connectivity index (χ3v) is 3.36. The first-order chi connectivity index (χ1) is 8.18. The second-order valence-electron chi connectivity index (χ2n) is 3.83. The maximum atomic E-state index is 13.4. The van der Waals surface area contributed by atoms with Gasteiger partial charge in [-0.2, -0.15) is 11.3 Å². The van der Waals surface area contributed by atoms with Crippen molar-refractivity contribution < 1.29 is 13.9 Å². The van der Waals surface area contributed by atoms with Crippen LogP contribution in [0.15, 0.2) is 35.0 Å². The normalized spacial score (nSPS) is 12.6. The number of benzene rings is 1. The second-order valence-corrected chi connectivity index (χ2v) is 4.61. The van der Waals surface area contributed by atoms with Crippen LogP contribution in [0.3, 0.4) is 0 Å². The summed E-state index contributed by atoms with van der Waals surface area (Å²) in [5, 5.41) is 13.8. The molecule has 0 aliphatic heterocycles. The Balaban J connectivity index is 2.04. The lowest BCUT2D eigenvalue weighted by molar-refractivity contribution is 0.162. The Bertz CT molecular complexity index is 482. The van der Waals surface area contributed by atoms with Crippen LogP contribution in [0.2, 0.25) is 0 Å². The second kappa shape index (κ2) is 5.38. The molecule has 0 bridgehead atoms. The van der Waals surface area contributed by atoms with Gasteiger partial charge in [0.25, 0.3) is 0 Å². The van der Waals surface area contributed by atoms with Crippen molar-refractivity contribution in [2.75, 3.05) is 0 Å². The zero-order valence-corrected chi connectivity index (χ0v) is 9.88. The standard InChI is InChI=1S/C13H12F2OS/c14-11-3-1-2-10(13(11)15)12(16)5-4-9-6-7-17-8-9/h1-3,6-8,12,16H,4-5H2.